The van der Waals surface area contributed by atoms with Gasteiger partial charge in [0.15, 0.2) is 5.16 Å². The maximum atomic E-state index is 12.9. The van der Waals surface area contributed by atoms with Gasteiger partial charge in [-0.2, -0.15) is 5.26 Å². The molecule has 0 radical (unpaired) electrons. The van der Waals surface area contributed by atoms with Crippen LogP contribution in [0.15, 0.2) is 58.5 Å². The van der Waals surface area contributed by atoms with E-state index < -0.39 is 5.56 Å². The molecule has 0 unspecified atom stereocenters. The number of nitrogens with one attached hydrogen (secondary N) is 2. The molecular weight excluding hydrogens is 419 g/mol. The minimum Gasteiger partial charge on any atom is -0.497 e. The Morgan fingerprint density at radius 3 is 2.58 bits per heavy atom. The standard InChI is InChI=1S/C22H19FN4O3S/c1-30-17-8-4-15(5-9-17)20-18(12-24)21(29)27-22(26-20)31-13-19(28)25-11-10-14-2-6-16(23)7-3-14/h2-9H,10-11,13H2,1H3,(H,25,28)(H,26,27,29). The molecule has 0 aliphatic carbocycles. The van der Waals surface area contributed by atoms with Gasteiger partial charge in [-0.05, 0) is 48.4 Å². The summed E-state index contributed by atoms with van der Waals surface area (Å²) < 4.78 is 18.0. The monoisotopic (exact) mass is 438 g/mol. The average Bonchev–Trinajstić information content (AvgIpc) is 2.78. The molecule has 0 bridgehead atoms. The first-order valence-corrected chi connectivity index (χ1v) is 10.3. The molecule has 0 atom stereocenters. The molecule has 31 heavy (non-hydrogen) atoms. The van der Waals surface area contributed by atoms with Crippen molar-refractivity contribution >= 4 is 17.7 Å². The molecule has 3 rings (SSSR count). The minimum atomic E-state index is -0.567. The summed E-state index contributed by atoms with van der Waals surface area (Å²) in [6.45, 7) is 0.402. The highest BCUT2D eigenvalue weighted by atomic mass is 32.2. The van der Waals surface area contributed by atoms with Gasteiger partial charge in [0.25, 0.3) is 5.56 Å². The van der Waals surface area contributed by atoms with Gasteiger partial charge in [-0.25, -0.2) is 9.37 Å². The quantitative estimate of drug-likeness (QED) is 0.414. The number of methoxy groups -OCH3 is 1. The number of thioether (sulfide) groups is 1. The summed E-state index contributed by atoms with van der Waals surface area (Å²) in [5.74, 6) is 0.145. The molecule has 0 spiro atoms. The molecule has 0 aliphatic heterocycles. The Bertz CT molecular complexity index is 1160. The predicted molar refractivity (Wildman–Crippen MR) is 115 cm³/mol. The number of hydrogen-bond acceptors (Lipinski definition) is 6. The van der Waals surface area contributed by atoms with Gasteiger partial charge >= 0.3 is 0 Å². The Morgan fingerprint density at radius 1 is 1.23 bits per heavy atom. The molecule has 0 aliphatic rings. The zero-order valence-corrected chi connectivity index (χ0v) is 17.5. The van der Waals surface area contributed by atoms with Crippen molar-refractivity contribution in [2.45, 2.75) is 11.6 Å². The van der Waals surface area contributed by atoms with Crippen LogP contribution in [0.25, 0.3) is 11.3 Å². The van der Waals surface area contributed by atoms with E-state index >= 15 is 0 Å². The van der Waals surface area contributed by atoms with Crippen molar-refractivity contribution in [2.24, 2.45) is 0 Å². The van der Waals surface area contributed by atoms with Crippen LogP contribution in [-0.4, -0.2) is 35.3 Å². The zero-order valence-electron chi connectivity index (χ0n) is 16.6. The second kappa shape index (κ2) is 10.4. The van der Waals surface area contributed by atoms with Gasteiger partial charge in [0, 0.05) is 12.1 Å². The smallest absolute Gasteiger partial charge is 0.270 e. The number of amides is 1. The molecule has 0 saturated heterocycles. The van der Waals surface area contributed by atoms with Crippen molar-refractivity contribution < 1.29 is 13.9 Å². The van der Waals surface area contributed by atoms with Crippen LogP contribution in [-0.2, 0) is 11.2 Å². The fourth-order valence-corrected chi connectivity index (χ4v) is 3.46. The lowest BCUT2D eigenvalue weighted by molar-refractivity contribution is -0.118. The zero-order chi connectivity index (χ0) is 22.2. The van der Waals surface area contributed by atoms with Crippen LogP contribution in [0.5, 0.6) is 5.75 Å². The van der Waals surface area contributed by atoms with E-state index in [1.165, 1.54) is 12.1 Å². The second-order valence-electron chi connectivity index (χ2n) is 6.45. The normalized spacial score (nSPS) is 10.4. The van der Waals surface area contributed by atoms with Gasteiger partial charge in [-0.3, -0.25) is 9.59 Å². The van der Waals surface area contributed by atoms with Crippen LogP contribution in [0.3, 0.4) is 0 Å². The molecule has 158 valence electrons. The first-order chi connectivity index (χ1) is 15.0. The number of nitrogens with zero attached hydrogens (tertiary/aromatic N) is 2. The predicted octanol–water partition coefficient (Wildman–Crippen LogP) is 2.91. The second-order valence-corrected chi connectivity index (χ2v) is 7.41. The van der Waals surface area contributed by atoms with Gasteiger partial charge in [0.1, 0.15) is 23.2 Å². The van der Waals surface area contributed by atoms with Gasteiger partial charge in [0.2, 0.25) is 5.91 Å². The summed E-state index contributed by atoms with van der Waals surface area (Å²) in [6, 6.07) is 14.8. The topological polar surface area (TPSA) is 108 Å². The fraction of sp³-hybridized carbons (Fsp3) is 0.182. The summed E-state index contributed by atoms with van der Waals surface area (Å²) in [4.78, 5) is 31.3. The fourth-order valence-electron chi connectivity index (χ4n) is 2.76. The van der Waals surface area contributed by atoms with Gasteiger partial charge in [0.05, 0.1) is 18.6 Å². The number of hydrogen-bond donors (Lipinski definition) is 2. The number of aromatic nitrogens is 2. The molecule has 3 aromatic rings. The van der Waals surface area contributed by atoms with Crippen LogP contribution in [0, 0.1) is 17.1 Å². The molecule has 2 N–H and O–H groups in total. The SMILES string of the molecule is COc1ccc(-c2nc(SCC(=O)NCCc3ccc(F)cc3)[nH]c(=O)c2C#N)cc1. The summed E-state index contributed by atoms with van der Waals surface area (Å²) in [5.41, 5.74) is 1.08. The number of benzene rings is 2. The van der Waals surface area contributed by atoms with Crippen LogP contribution >= 0.6 is 11.8 Å². The average molecular weight is 438 g/mol. The van der Waals surface area contributed by atoms with Crippen molar-refractivity contribution in [1.29, 1.82) is 5.26 Å². The van der Waals surface area contributed by atoms with Crippen molar-refractivity contribution in [3.63, 3.8) is 0 Å². The van der Waals surface area contributed by atoms with E-state index in [0.717, 1.165) is 17.3 Å². The number of aromatic amines is 1. The number of H-pyrrole nitrogens is 1. The van der Waals surface area contributed by atoms with Gasteiger partial charge in [-0.1, -0.05) is 23.9 Å². The lowest BCUT2D eigenvalue weighted by Gasteiger charge is -2.08. The van der Waals surface area contributed by atoms with E-state index in [4.69, 9.17) is 4.74 Å². The van der Waals surface area contributed by atoms with Crippen molar-refractivity contribution in [3.8, 4) is 23.1 Å². The van der Waals surface area contributed by atoms with Crippen LogP contribution in [0.1, 0.15) is 11.1 Å². The Kier molecular flexibility index (Phi) is 7.40. The molecule has 0 fully saturated rings. The largest absolute Gasteiger partial charge is 0.497 e. The maximum absolute atomic E-state index is 12.9. The number of rotatable bonds is 8. The Labute approximate surface area is 182 Å². The van der Waals surface area contributed by atoms with E-state index in [9.17, 15) is 19.2 Å². The molecule has 2 aromatic carbocycles. The highest BCUT2D eigenvalue weighted by Crippen LogP contribution is 2.24. The van der Waals surface area contributed by atoms with E-state index in [-0.39, 0.29) is 33.9 Å². The van der Waals surface area contributed by atoms with Crippen LogP contribution in [0.4, 0.5) is 4.39 Å². The van der Waals surface area contributed by atoms with E-state index in [1.54, 1.807) is 43.5 Å². The third-order valence-electron chi connectivity index (χ3n) is 4.36. The Morgan fingerprint density at radius 2 is 1.94 bits per heavy atom. The van der Waals surface area contributed by atoms with Crippen LogP contribution in [0.2, 0.25) is 0 Å². The first-order valence-electron chi connectivity index (χ1n) is 9.33. The Balaban J connectivity index is 1.63. The molecular formula is C22H19FN4O3S. The van der Waals surface area contributed by atoms with Gasteiger partial charge in [-0.15, -0.1) is 0 Å². The summed E-state index contributed by atoms with van der Waals surface area (Å²) in [5, 5.41) is 12.4. The van der Waals surface area contributed by atoms with Gasteiger partial charge < -0.3 is 15.0 Å². The lowest BCUT2D eigenvalue weighted by Crippen LogP contribution is -2.27. The highest BCUT2D eigenvalue weighted by Gasteiger charge is 2.14. The third-order valence-corrected chi connectivity index (χ3v) is 5.24. The molecule has 7 nitrogen and oxygen atoms in total. The summed E-state index contributed by atoms with van der Waals surface area (Å²) >= 11 is 1.06. The summed E-state index contributed by atoms with van der Waals surface area (Å²) in [6.07, 6.45) is 0.574. The van der Waals surface area contributed by atoms with E-state index in [0.29, 0.717) is 24.3 Å². The number of halogens is 1. The lowest BCUT2D eigenvalue weighted by atomic mass is 10.1. The van der Waals surface area contributed by atoms with Crippen molar-refractivity contribution in [1.82, 2.24) is 15.3 Å². The molecule has 1 heterocycles. The number of nitriles is 1. The molecule has 1 aromatic heterocycles. The van der Waals surface area contributed by atoms with E-state index in [2.05, 4.69) is 15.3 Å². The number of carbonyl (C=O) groups excluding carboxylic acids is 1. The number of carbonyl (C=O) groups is 1. The molecule has 9 heteroatoms. The first kappa shape index (κ1) is 22.1. The van der Waals surface area contributed by atoms with Crippen molar-refractivity contribution in [2.75, 3.05) is 19.4 Å². The molecule has 1 amide bonds. The summed E-state index contributed by atoms with van der Waals surface area (Å²) in [7, 11) is 1.54. The number of ether oxygens (including phenoxy) is 1. The Hall–Kier alpha value is -3.64. The van der Waals surface area contributed by atoms with Crippen molar-refractivity contribution in [3.05, 3.63) is 75.8 Å². The highest BCUT2D eigenvalue weighted by molar-refractivity contribution is 7.99. The van der Waals surface area contributed by atoms with E-state index in [1.807, 2.05) is 6.07 Å². The third kappa shape index (κ3) is 5.93. The minimum absolute atomic E-state index is 0.0420. The molecule has 0 saturated carbocycles. The maximum Gasteiger partial charge on any atom is 0.270 e. The van der Waals surface area contributed by atoms with Crippen LogP contribution < -0.4 is 15.6 Å².